The molecule has 7 fully saturated rings. The molecule has 7 nitrogen and oxygen atoms in total. The molecule has 0 aromatic rings. The number of fused-ring (bicyclic) bond motifs is 5. The Morgan fingerprint density at radius 1 is 1.07 bits per heavy atom. The smallest absolute Gasteiger partial charge is 0.223 e. The number of amides is 1. The molecule has 7 aliphatic rings. The highest BCUT2D eigenvalue weighted by atomic mass is 16.7. The van der Waals surface area contributed by atoms with Gasteiger partial charge in [-0.05, 0) is 123 Å². The van der Waals surface area contributed by atoms with E-state index in [0.717, 1.165) is 19.3 Å². The summed E-state index contributed by atoms with van der Waals surface area (Å²) in [4.78, 5) is 14.9. The molecule has 7 rings (SSSR count). The Morgan fingerprint density at radius 3 is 2.61 bits per heavy atom. The van der Waals surface area contributed by atoms with Gasteiger partial charge in [-0.15, -0.1) is 0 Å². The summed E-state index contributed by atoms with van der Waals surface area (Å²) in [6.45, 7) is 14.8. The second-order valence-corrected chi connectivity index (χ2v) is 17.7. The second-order valence-electron chi connectivity index (χ2n) is 17.7. The number of rotatable bonds is 6. The fourth-order valence-electron chi connectivity index (χ4n) is 12.7. The molecular weight excluding hydrogens is 552 g/mol. The molecular formula is C37H62N2O5. The van der Waals surface area contributed by atoms with Crippen molar-refractivity contribution >= 4 is 5.91 Å². The predicted octanol–water partition coefficient (Wildman–Crippen LogP) is 5.91. The number of nitrogens with zero attached hydrogens (tertiary/aromatic N) is 1. The fraction of sp³-hybridized carbons (Fsp3) is 0.973. The molecule has 44 heavy (non-hydrogen) atoms. The SMILES string of the molecule is CC1CC(CCN)OC2C1C1(C)CCCC34CCC(OC5CN(C(=O)CC6CC6)CCO5)C(C)(C)C3CCC(C4)C1(C)C2O. The minimum atomic E-state index is -0.418. The number of aliphatic hydroxyl groups is 1. The third-order valence-electron chi connectivity index (χ3n) is 15.2. The van der Waals surface area contributed by atoms with Crippen molar-refractivity contribution in [3.8, 4) is 0 Å². The molecule has 2 saturated heterocycles. The van der Waals surface area contributed by atoms with Gasteiger partial charge in [0.1, 0.15) is 0 Å². The molecule has 0 radical (unpaired) electrons. The van der Waals surface area contributed by atoms with Gasteiger partial charge in [-0.3, -0.25) is 4.79 Å². The monoisotopic (exact) mass is 614 g/mol. The molecule has 12 atom stereocenters. The highest BCUT2D eigenvalue weighted by Crippen LogP contribution is 2.73. The van der Waals surface area contributed by atoms with Crippen LogP contribution >= 0.6 is 0 Å². The summed E-state index contributed by atoms with van der Waals surface area (Å²) < 4.78 is 19.7. The van der Waals surface area contributed by atoms with Crippen molar-refractivity contribution in [2.75, 3.05) is 26.2 Å². The summed E-state index contributed by atoms with van der Waals surface area (Å²) >= 11 is 0. The van der Waals surface area contributed by atoms with Crippen LogP contribution in [-0.4, -0.2) is 72.9 Å². The van der Waals surface area contributed by atoms with Crippen LogP contribution in [0.25, 0.3) is 0 Å². The lowest BCUT2D eigenvalue weighted by Gasteiger charge is -2.64. The first-order chi connectivity index (χ1) is 20.9. The molecule has 12 unspecified atom stereocenters. The van der Waals surface area contributed by atoms with Crippen LogP contribution in [-0.2, 0) is 19.0 Å². The van der Waals surface area contributed by atoms with Gasteiger partial charge in [0.2, 0.25) is 5.91 Å². The number of hydrogen-bond donors (Lipinski definition) is 2. The van der Waals surface area contributed by atoms with E-state index in [9.17, 15) is 9.90 Å². The Bertz CT molecular complexity index is 1080. The van der Waals surface area contributed by atoms with Crippen molar-refractivity contribution < 1.29 is 24.1 Å². The van der Waals surface area contributed by atoms with Gasteiger partial charge in [-0.25, -0.2) is 0 Å². The van der Waals surface area contributed by atoms with Crippen LogP contribution in [0.4, 0.5) is 0 Å². The maximum Gasteiger partial charge on any atom is 0.223 e. The summed E-state index contributed by atoms with van der Waals surface area (Å²) in [5, 5.41) is 12.3. The van der Waals surface area contributed by atoms with Crippen LogP contribution in [0.2, 0.25) is 0 Å². The van der Waals surface area contributed by atoms with Gasteiger partial charge in [0.15, 0.2) is 6.29 Å². The molecule has 3 N–H and O–H groups in total. The van der Waals surface area contributed by atoms with E-state index in [4.69, 9.17) is 19.9 Å². The van der Waals surface area contributed by atoms with E-state index in [2.05, 4.69) is 34.6 Å². The van der Waals surface area contributed by atoms with Crippen LogP contribution in [0.5, 0.6) is 0 Å². The highest BCUT2D eigenvalue weighted by Gasteiger charge is 2.71. The van der Waals surface area contributed by atoms with E-state index in [-0.39, 0.29) is 46.8 Å². The van der Waals surface area contributed by atoms with Gasteiger partial charge in [-0.1, -0.05) is 41.0 Å². The van der Waals surface area contributed by atoms with Gasteiger partial charge in [0, 0.05) is 18.4 Å². The average Bonchev–Trinajstić information content (AvgIpc) is 3.78. The zero-order valence-corrected chi connectivity index (χ0v) is 28.4. The van der Waals surface area contributed by atoms with Crippen molar-refractivity contribution in [3.63, 3.8) is 0 Å². The molecule has 0 aromatic heterocycles. The largest absolute Gasteiger partial charge is 0.390 e. The van der Waals surface area contributed by atoms with Crippen molar-refractivity contribution in [1.29, 1.82) is 0 Å². The minimum Gasteiger partial charge on any atom is -0.390 e. The zero-order valence-electron chi connectivity index (χ0n) is 28.4. The van der Waals surface area contributed by atoms with Crippen LogP contribution in [0.3, 0.4) is 0 Å². The standard InChI is InChI=1S/C37H62N2O5/c1-23-19-26(12-16-38)43-32-31(23)35(4)13-6-14-37-15-11-28(44-30-22-39(17-18-42-30)29(40)20-24-7-8-24)34(2,3)27(37)10-9-25(21-37)36(35,5)33(32)41/h23-28,30-33,41H,6-22,38H2,1-5H3. The number of ether oxygens (including phenoxy) is 3. The lowest BCUT2D eigenvalue weighted by atomic mass is 9.41. The third kappa shape index (κ3) is 4.95. The van der Waals surface area contributed by atoms with Gasteiger partial charge in [0.05, 0.1) is 37.6 Å². The van der Waals surface area contributed by atoms with Gasteiger partial charge in [-0.2, -0.15) is 0 Å². The van der Waals surface area contributed by atoms with E-state index in [1.54, 1.807) is 0 Å². The highest BCUT2D eigenvalue weighted by molar-refractivity contribution is 5.76. The van der Waals surface area contributed by atoms with Crippen LogP contribution in [0, 0.1) is 51.2 Å². The molecule has 7 heteroatoms. The quantitative estimate of drug-likeness (QED) is 0.387. The molecule has 2 aliphatic heterocycles. The Hall–Kier alpha value is -0.730. The van der Waals surface area contributed by atoms with Gasteiger partial charge in [0.25, 0.3) is 0 Å². The summed E-state index contributed by atoms with van der Waals surface area (Å²) in [6.07, 6.45) is 14.1. The Labute approximate surface area is 266 Å². The predicted molar refractivity (Wildman–Crippen MR) is 170 cm³/mol. The number of hydrogen-bond acceptors (Lipinski definition) is 6. The molecule has 1 spiro atoms. The van der Waals surface area contributed by atoms with Gasteiger partial charge < -0.3 is 30.0 Å². The molecule has 250 valence electrons. The zero-order chi connectivity index (χ0) is 31.1. The summed E-state index contributed by atoms with van der Waals surface area (Å²) in [6, 6.07) is 0. The number of aliphatic hydroxyl groups excluding tert-OH is 1. The Morgan fingerprint density at radius 2 is 1.86 bits per heavy atom. The van der Waals surface area contributed by atoms with E-state index >= 15 is 0 Å². The first-order valence-corrected chi connectivity index (χ1v) is 18.5. The molecule has 0 aromatic carbocycles. The lowest BCUT2D eigenvalue weighted by molar-refractivity contribution is -0.253. The van der Waals surface area contributed by atoms with E-state index < -0.39 is 6.10 Å². The summed E-state index contributed by atoms with van der Waals surface area (Å²) in [5.41, 5.74) is 6.24. The van der Waals surface area contributed by atoms with Crippen molar-refractivity contribution in [2.45, 2.75) is 149 Å². The fourth-order valence-corrected chi connectivity index (χ4v) is 12.7. The lowest BCUT2D eigenvalue weighted by Crippen LogP contribution is -2.60. The molecule has 2 bridgehead atoms. The number of carbonyl (C=O) groups excluding carboxylic acids is 1. The average molecular weight is 615 g/mol. The normalized spacial score (nSPS) is 50.2. The number of morpholine rings is 1. The second kappa shape index (κ2) is 11.5. The van der Waals surface area contributed by atoms with Crippen LogP contribution < -0.4 is 5.73 Å². The number of carbonyl (C=O) groups is 1. The first kappa shape index (κ1) is 31.8. The molecule has 2 heterocycles. The van der Waals surface area contributed by atoms with E-state index in [1.807, 2.05) is 4.90 Å². The Kier molecular flexibility index (Phi) is 8.29. The molecule has 5 saturated carbocycles. The third-order valence-corrected chi connectivity index (χ3v) is 15.2. The Balaban J connectivity index is 1.08. The van der Waals surface area contributed by atoms with Crippen LogP contribution in [0.1, 0.15) is 118 Å². The molecule has 1 amide bonds. The maximum atomic E-state index is 12.9. The summed E-state index contributed by atoms with van der Waals surface area (Å²) in [5.74, 6) is 2.95. The van der Waals surface area contributed by atoms with E-state index in [0.29, 0.717) is 67.7 Å². The minimum absolute atomic E-state index is 0.0334. The van der Waals surface area contributed by atoms with E-state index in [1.165, 1.54) is 57.8 Å². The van der Waals surface area contributed by atoms with Crippen molar-refractivity contribution in [1.82, 2.24) is 4.90 Å². The van der Waals surface area contributed by atoms with Crippen molar-refractivity contribution in [3.05, 3.63) is 0 Å². The van der Waals surface area contributed by atoms with Crippen molar-refractivity contribution in [2.24, 2.45) is 57.0 Å². The number of nitrogens with two attached hydrogens (primary N) is 1. The summed E-state index contributed by atoms with van der Waals surface area (Å²) in [7, 11) is 0. The molecule has 5 aliphatic carbocycles. The first-order valence-electron chi connectivity index (χ1n) is 18.5. The van der Waals surface area contributed by atoms with Gasteiger partial charge >= 0.3 is 0 Å². The topological polar surface area (TPSA) is 94.3 Å². The van der Waals surface area contributed by atoms with Crippen LogP contribution in [0.15, 0.2) is 0 Å². The maximum absolute atomic E-state index is 12.9.